The third-order valence-corrected chi connectivity index (χ3v) is 4.32. The minimum Gasteiger partial charge on any atom is -0.481 e. The lowest BCUT2D eigenvalue weighted by atomic mass is 9.77. The normalized spacial score (nSPS) is 19.5. The number of carboxylic acids is 1. The number of nitrogens with zero attached hydrogens (tertiary/aromatic N) is 1. The number of carboxylic acid groups (broad SMARTS) is 1. The van der Waals surface area contributed by atoms with Gasteiger partial charge in [0.2, 0.25) is 5.91 Å². The zero-order valence-corrected chi connectivity index (χ0v) is 12.4. The maximum atomic E-state index is 12.2. The fourth-order valence-corrected chi connectivity index (χ4v) is 3.05. The number of aliphatic carboxylic acids is 1. The van der Waals surface area contributed by atoms with Gasteiger partial charge in [0.1, 0.15) is 5.82 Å². The Bertz CT molecular complexity index is 476. The number of amides is 1. The standard InChI is InChI=1S/C15H23N3O3/c1-11(13-16-8-9-17-13)18-12(19)10-15(14(20)21)6-4-2-3-5-7-15/h8-9,11H,2-7,10H2,1H3,(H,16,17)(H,18,19)(H,20,21). The van der Waals surface area contributed by atoms with Crippen LogP contribution in [0.5, 0.6) is 0 Å². The van der Waals surface area contributed by atoms with E-state index in [9.17, 15) is 14.7 Å². The SMILES string of the molecule is CC(NC(=O)CC1(C(=O)O)CCCCCC1)c1ncc[nH]1. The molecule has 1 aromatic rings. The van der Waals surface area contributed by atoms with Gasteiger partial charge in [-0.1, -0.05) is 25.7 Å². The highest BCUT2D eigenvalue weighted by Crippen LogP contribution is 2.38. The predicted octanol–water partition coefficient (Wildman–Crippen LogP) is 2.40. The predicted molar refractivity (Wildman–Crippen MR) is 77.5 cm³/mol. The summed E-state index contributed by atoms with van der Waals surface area (Å²) in [6, 6.07) is -0.246. The van der Waals surface area contributed by atoms with E-state index in [1.165, 1.54) is 0 Å². The zero-order valence-electron chi connectivity index (χ0n) is 12.4. The molecule has 0 aliphatic heterocycles. The second-order valence-electron chi connectivity index (χ2n) is 5.94. The molecule has 0 bridgehead atoms. The molecule has 2 rings (SSSR count). The Morgan fingerprint density at radius 2 is 2.05 bits per heavy atom. The molecule has 0 radical (unpaired) electrons. The molecule has 1 amide bonds. The second kappa shape index (κ2) is 6.74. The first-order valence-corrected chi connectivity index (χ1v) is 7.55. The largest absolute Gasteiger partial charge is 0.481 e. The number of carbonyl (C=O) groups excluding carboxylic acids is 1. The van der Waals surface area contributed by atoms with Crippen molar-refractivity contribution in [1.82, 2.24) is 15.3 Å². The lowest BCUT2D eigenvalue weighted by Gasteiger charge is -2.27. The molecular weight excluding hydrogens is 270 g/mol. The summed E-state index contributed by atoms with van der Waals surface area (Å²) in [5.41, 5.74) is -0.899. The van der Waals surface area contributed by atoms with Crippen LogP contribution in [0.25, 0.3) is 0 Å². The fourth-order valence-electron chi connectivity index (χ4n) is 3.05. The summed E-state index contributed by atoms with van der Waals surface area (Å²) in [5, 5.41) is 12.4. The first kappa shape index (κ1) is 15.5. The number of hydrogen-bond donors (Lipinski definition) is 3. The highest BCUT2D eigenvalue weighted by molar-refractivity contribution is 5.85. The van der Waals surface area contributed by atoms with Crippen molar-refractivity contribution in [3.05, 3.63) is 18.2 Å². The molecule has 1 unspecified atom stereocenters. The average molecular weight is 293 g/mol. The van der Waals surface area contributed by atoms with Crippen LogP contribution in [0, 0.1) is 5.41 Å². The Kier molecular flexibility index (Phi) is 4.98. The highest BCUT2D eigenvalue weighted by atomic mass is 16.4. The molecule has 1 aliphatic carbocycles. The van der Waals surface area contributed by atoms with Crippen molar-refractivity contribution in [1.29, 1.82) is 0 Å². The summed E-state index contributed by atoms with van der Waals surface area (Å²) in [6.07, 6.45) is 8.42. The van der Waals surface area contributed by atoms with Crippen LogP contribution in [0.4, 0.5) is 0 Å². The van der Waals surface area contributed by atoms with Gasteiger partial charge < -0.3 is 15.4 Å². The van der Waals surface area contributed by atoms with Gasteiger partial charge in [-0.3, -0.25) is 9.59 Å². The van der Waals surface area contributed by atoms with Crippen LogP contribution in [0.3, 0.4) is 0 Å². The smallest absolute Gasteiger partial charge is 0.310 e. The fraction of sp³-hybridized carbons (Fsp3) is 0.667. The van der Waals surface area contributed by atoms with Crippen molar-refractivity contribution in [2.24, 2.45) is 5.41 Å². The number of nitrogens with one attached hydrogen (secondary N) is 2. The molecule has 6 nitrogen and oxygen atoms in total. The van der Waals surface area contributed by atoms with Crippen LogP contribution in [0.1, 0.15) is 63.7 Å². The van der Waals surface area contributed by atoms with Crippen LogP contribution in [-0.2, 0) is 9.59 Å². The van der Waals surface area contributed by atoms with Gasteiger partial charge in [-0.15, -0.1) is 0 Å². The monoisotopic (exact) mass is 293 g/mol. The first-order valence-electron chi connectivity index (χ1n) is 7.55. The molecule has 0 saturated heterocycles. The van der Waals surface area contributed by atoms with Crippen molar-refractivity contribution >= 4 is 11.9 Å². The van der Waals surface area contributed by atoms with Gasteiger partial charge in [0.25, 0.3) is 0 Å². The zero-order chi connectivity index (χ0) is 15.3. The summed E-state index contributed by atoms with van der Waals surface area (Å²) < 4.78 is 0. The van der Waals surface area contributed by atoms with Gasteiger partial charge in [-0.05, 0) is 19.8 Å². The summed E-state index contributed by atoms with van der Waals surface area (Å²) in [5.74, 6) is -0.387. The Morgan fingerprint density at radius 3 is 2.57 bits per heavy atom. The molecular formula is C15H23N3O3. The third-order valence-electron chi connectivity index (χ3n) is 4.32. The molecule has 1 aliphatic rings. The number of aromatic nitrogens is 2. The van der Waals surface area contributed by atoms with E-state index in [4.69, 9.17) is 0 Å². The van der Waals surface area contributed by atoms with Gasteiger partial charge in [0.05, 0.1) is 11.5 Å². The van der Waals surface area contributed by atoms with Gasteiger partial charge >= 0.3 is 5.97 Å². The van der Waals surface area contributed by atoms with Crippen LogP contribution in [0.2, 0.25) is 0 Å². The molecule has 0 aromatic carbocycles. The topological polar surface area (TPSA) is 95.1 Å². The van der Waals surface area contributed by atoms with E-state index in [-0.39, 0.29) is 18.4 Å². The van der Waals surface area contributed by atoms with Crippen molar-refractivity contribution in [2.45, 2.75) is 57.9 Å². The summed E-state index contributed by atoms with van der Waals surface area (Å²) in [6.45, 7) is 1.83. The maximum absolute atomic E-state index is 12.2. The maximum Gasteiger partial charge on any atom is 0.310 e. The number of H-pyrrole nitrogens is 1. The Labute approximate surface area is 124 Å². The summed E-state index contributed by atoms with van der Waals surface area (Å²) >= 11 is 0. The molecule has 1 atom stereocenters. The van der Waals surface area contributed by atoms with E-state index in [0.717, 1.165) is 25.7 Å². The van der Waals surface area contributed by atoms with E-state index in [2.05, 4.69) is 15.3 Å². The average Bonchev–Trinajstić information content (AvgIpc) is 2.86. The van der Waals surface area contributed by atoms with Gasteiger partial charge in [0.15, 0.2) is 0 Å². The minimum absolute atomic E-state index is 0.0490. The van der Waals surface area contributed by atoms with Crippen LogP contribution in [0.15, 0.2) is 12.4 Å². The van der Waals surface area contributed by atoms with Gasteiger partial charge in [-0.2, -0.15) is 0 Å². The number of rotatable bonds is 5. The third kappa shape index (κ3) is 3.83. The molecule has 116 valence electrons. The quantitative estimate of drug-likeness (QED) is 0.726. The summed E-state index contributed by atoms with van der Waals surface area (Å²) in [7, 11) is 0. The van der Waals surface area contributed by atoms with Crippen LogP contribution >= 0.6 is 0 Å². The van der Waals surface area contributed by atoms with E-state index in [1.54, 1.807) is 12.4 Å². The number of carbonyl (C=O) groups is 2. The molecule has 21 heavy (non-hydrogen) atoms. The number of aromatic amines is 1. The number of hydrogen-bond acceptors (Lipinski definition) is 3. The Hall–Kier alpha value is -1.85. The molecule has 1 heterocycles. The van der Waals surface area contributed by atoms with Crippen molar-refractivity contribution in [2.75, 3.05) is 0 Å². The van der Waals surface area contributed by atoms with Crippen LogP contribution < -0.4 is 5.32 Å². The van der Waals surface area contributed by atoms with E-state index in [0.29, 0.717) is 18.7 Å². The second-order valence-corrected chi connectivity index (χ2v) is 5.94. The van der Waals surface area contributed by atoms with Crippen molar-refractivity contribution < 1.29 is 14.7 Å². The van der Waals surface area contributed by atoms with E-state index in [1.807, 2.05) is 6.92 Å². The minimum atomic E-state index is -0.899. The van der Waals surface area contributed by atoms with E-state index >= 15 is 0 Å². The van der Waals surface area contributed by atoms with E-state index < -0.39 is 11.4 Å². The van der Waals surface area contributed by atoms with Crippen molar-refractivity contribution in [3.8, 4) is 0 Å². The molecule has 1 saturated carbocycles. The highest BCUT2D eigenvalue weighted by Gasteiger charge is 2.40. The van der Waals surface area contributed by atoms with Crippen molar-refractivity contribution in [3.63, 3.8) is 0 Å². The van der Waals surface area contributed by atoms with Gasteiger partial charge in [0, 0.05) is 18.8 Å². The lowest BCUT2D eigenvalue weighted by Crippen LogP contribution is -2.38. The lowest BCUT2D eigenvalue weighted by molar-refractivity contribution is -0.153. The molecule has 1 aromatic heterocycles. The Balaban J connectivity index is 1.99. The first-order chi connectivity index (χ1) is 10.0. The van der Waals surface area contributed by atoms with Crippen LogP contribution in [-0.4, -0.2) is 27.0 Å². The Morgan fingerprint density at radius 1 is 1.38 bits per heavy atom. The summed E-state index contributed by atoms with van der Waals surface area (Å²) in [4.78, 5) is 30.9. The molecule has 3 N–H and O–H groups in total. The van der Waals surface area contributed by atoms with Gasteiger partial charge in [-0.25, -0.2) is 4.98 Å². The molecule has 0 spiro atoms. The molecule has 6 heteroatoms. The number of imidazole rings is 1. The molecule has 1 fully saturated rings.